The molecule has 1 heterocycles. The second-order valence-corrected chi connectivity index (χ2v) is 10.5. The Morgan fingerprint density at radius 2 is 1.65 bits per heavy atom. The number of phenols is 1. The largest absolute Gasteiger partial charge is 0.508 e. The average Bonchev–Trinajstić information content (AvgIpc) is 2.92. The van der Waals surface area contributed by atoms with Crippen LogP contribution in [0.4, 0.5) is 4.79 Å². The van der Waals surface area contributed by atoms with Gasteiger partial charge in [0.25, 0.3) is 11.8 Å². The molecule has 0 atom stereocenters. The number of nitrogens with one attached hydrogen (secondary N) is 1. The van der Waals surface area contributed by atoms with Gasteiger partial charge >= 0.3 is 6.09 Å². The van der Waals surface area contributed by atoms with E-state index < -0.39 is 11.5 Å². The van der Waals surface area contributed by atoms with Crippen LogP contribution in [0.25, 0.3) is 10.8 Å². The third-order valence-electron chi connectivity index (χ3n) is 6.38. The molecule has 10 heteroatoms. The zero-order valence-electron chi connectivity index (χ0n) is 23.1. The molecule has 3 amide bonds. The van der Waals surface area contributed by atoms with E-state index in [1.165, 1.54) is 12.1 Å². The number of nitrogens with zero attached hydrogens (tertiary/aromatic N) is 3. The average molecular weight is 547 g/mol. The highest BCUT2D eigenvalue weighted by Crippen LogP contribution is 2.28. The molecule has 210 valence electrons. The minimum atomic E-state index is -0.566. The van der Waals surface area contributed by atoms with E-state index in [4.69, 9.17) is 9.47 Å². The Morgan fingerprint density at radius 1 is 0.975 bits per heavy atom. The van der Waals surface area contributed by atoms with Gasteiger partial charge in [-0.05, 0) is 69.0 Å². The molecule has 2 N–H and O–H groups in total. The molecule has 1 saturated heterocycles. The highest BCUT2D eigenvalue weighted by atomic mass is 16.6. The number of rotatable bonds is 6. The number of ether oxygens (including phenoxy) is 2. The van der Waals surface area contributed by atoms with Crippen LogP contribution in [0.5, 0.6) is 11.5 Å². The summed E-state index contributed by atoms with van der Waals surface area (Å²) >= 11 is 0. The van der Waals surface area contributed by atoms with Crippen molar-refractivity contribution in [1.29, 1.82) is 0 Å². The molecular weight excluding hydrogens is 512 g/mol. The van der Waals surface area contributed by atoms with Gasteiger partial charge in [-0.1, -0.05) is 24.3 Å². The van der Waals surface area contributed by atoms with E-state index in [2.05, 4.69) is 10.5 Å². The first-order valence-corrected chi connectivity index (χ1v) is 13.0. The summed E-state index contributed by atoms with van der Waals surface area (Å²) in [5, 5.41) is 15.4. The van der Waals surface area contributed by atoms with Crippen LogP contribution in [0.1, 0.15) is 42.3 Å². The van der Waals surface area contributed by atoms with Crippen LogP contribution in [0.2, 0.25) is 0 Å². The molecule has 4 rings (SSSR count). The van der Waals surface area contributed by atoms with Gasteiger partial charge in [-0.15, -0.1) is 0 Å². The van der Waals surface area contributed by atoms with E-state index >= 15 is 0 Å². The van der Waals surface area contributed by atoms with Crippen molar-refractivity contribution in [1.82, 2.24) is 15.2 Å². The van der Waals surface area contributed by atoms with Crippen molar-refractivity contribution in [2.45, 2.75) is 33.3 Å². The molecule has 40 heavy (non-hydrogen) atoms. The van der Waals surface area contributed by atoms with Crippen molar-refractivity contribution in [3.8, 4) is 11.5 Å². The van der Waals surface area contributed by atoms with Gasteiger partial charge in [-0.25, -0.2) is 10.2 Å². The number of aryl methyl sites for hydroxylation is 1. The molecular formula is C30H34N4O6. The molecule has 10 nitrogen and oxygen atoms in total. The molecule has 0 saturated carbocycles. The highest BCUT2D eigenvalue weighted by Gasteiger charge is 2.27. The summed E-state index contributed by atoms with van der Waals surface area (Å²) < 4.78 is 11.3. The summed E-state index contributed by atoms with van der Waals surface area (Å²) in [5.74, 6) is 0.119. The predicted molar refractivity (Wildman–Crippen MR) is 152 cm³/mol. The third kappa shape index (κ3) is 7.07. The lowest BCUT2D eigenvalue weighted by Crippen LogP contribution is -2.52. The smallest absolute Gasteiger partial charge is 0.410 e. The zero-order chi connectivity index (χ0) is 28.9. The maximum Gasteiger partial charge on any atom is 0.410 e. The number of carbonyl (C=O) groups is 3. The molecule has 1 fully saturated rings. The van der Waals surface area contributed by atoms with E-state index in [9.17, 15) is 19.5 Å². The Morgan fingerprint density at radius 3 is 2.33 bits per heavy atom. The van der Waals surface area contributed by atoms with Crippen molar-refractivity contribution in [2.24, 2.45) is 5.10 Å². The maximum atomic E-state index is 12.8. The maximum absolute atomic E-state index is 12.8. The van der Waals surface area contributed by atoms with Crippen LogP contribution in [-0.4, -0.2) is 77.4 Å². The standard InChI is InChI=1S/C30H34N4O6/c1-20-17-21(9-11-25(20)35)28(37)32-31-18-22-10-12-26(24-8-6-5-7-23(22)24)39-19-27(36)33-13-15-34(16-14-33)29(38)40-30(2,3)4/h5-12,17-18,35H,13-16,19H2,1-4H3,(H,32,37)/b31-18+. The van der Waals surface area contributed by atoms with Crippen LogP contribution >= 0.6 is 0 Å². The molecule has 0 radical (unpaired) electrons. The topological polar surface area (TPSA) is 121 Å². The summed E-state index contributed by atoms with van der Waals surface area (Å²) in [7, 11) is 0. The minimum absolute atomic E-state index is 0.122. The van der Waals surface area contributed by atoms with E-state index in [-0.39, 0.29) is 24.4 Å². The number of piperazine rings is 1. The molecule has 0 bridgehead atoms. The highest BCUT2D eigenvalue weighted by molar-refractivity contribution is 6.03. The van der Waals surface area contributed by atoms with Crippen molar-refractivity contribution >= 4 is 34.9 Å². The number of aromatic hydroxyl groups is 1. The first-order chi connectivity index (χ1) is 19.0. The van der Waals surface area contributed by atoms with Crippen molar-refractivity contribution in [3.63, 3.8) is 0 Å². The third-order valence-corrected chi connectivity index (χ3v) is 6.38. The molecule has 1 aliphatic rings. The molecule has 3 aromatic rings. The van der Waals surface area contributed by atoms with Gasteiger partial charge in [0, 0.05) is 42.7 Å². The number of hydrogen-bond acceptors (Lipinski definition) is 7. The van der Waals surface area contributed by atoms with Crippen LogP contribution in [0.3, 0.4) is 0 Å². The fraction of sp³-hybridized carbons (Fsp3) is 0.333. The van der Waals surface area contributed by atoms with Gasteiger partial charge in [-0.2, -0.15) is 5.10 Å². The van der Waals surface area contributed by atoms with Gasteiger partial charge < -0.3 is 24.4 Å². The Bertz CT molecular complexity index is 1440. The monoisotopic (exact) mass is 546 g/mol. The zero-order valence-corrected chi connectivity index (χ0v) is 23.1. The fourth-order valence-electron chi connectivity index (χ4n) is 4.25. The Kier molecular flexibility index (Phi) is 8.57. The van der Waals surface area contributed by atoms with Crippen molar-refractivity contribution in [2.75, 3.05) is 32.8 Å². The number of phenolic OH excluding ortho intramolecular Hbond substituents is 1. The Labute approximate surface area is 233 Å². The number of hydrogen-bond donors (Lipinski definition) is 2. The number of amides is 3. The van der Waals surface area contributed by atoms with E-state index in [1.807, 2.05) is 51.1 Å². The lowest BCUT2D eigenvalue weighted by molar-refractivity contribution is -0.135. The van der Waals surface area contributed by atoms with E-state index in [0.717, 1.165) is 16.3 Å². The number of hydrazone groups is 1. The molecule has 3 aromatic carbocycles. The van der Waals surface area contributed by atoms with E-state index in [1.54, 1.807) is 35.1 Å². The summed E-state index contributed by atoms with van der Waals surface area (Å²) in [4.78, 5) is 40.8. The lowest BCUT2D eigenvalue weighted by atomic mass is 10.0. The van der Waals surface area contributed by atoms with Gasteiger partial charge in [0.1, 0.15) is 17.1 Å². The number of fused-ring (bicyclic) bond motifs is 1. The van der Waals surface area contributed by atoms with Gasteiger partial charge in [-0.3, -0.25) is 9.59 Å². The molecule has 1 aliphatic heterocycles. The Balaban J connectivity index is 1.36. The summed E-state index contributed by atoms with van der Waals surface area (Å²) in [6.07, 6.45) is 1.17. The van der Waals surface area contributed by atoms with Crippen molar-refractivity contribution < 1.29 is 29.0 Å². The minimum Gasteiger partial charge on any atom is -0.508 e. The van der Waals surface area contributed by atoms with Gasteiger partial charge in [0.05, 0.1) is 6.21 Å². The summed E-state index contributed by atoms with van der Waals surface area (Å²) in [6.45, 7) is 8.67. The summed E-state index contributed by atoms with van der Waals surface area (Å²) in [5.41, 5.74) is 3.68. The van der Waals surface area contributed by atoms with Gasteiger partial charge in [0.2, 0.25) is 0 Å². The van der Waals surface area contributed by atoms with Crippen molar-refractivity contribution in [3.05, 3.63) is 71.3 Å². The number of benzene rings is 3. The molecule has 0 unspecified atom stereocenters. The molecule has 0 aromatic heterocycles. The van der Waals surface area contributed by atoms with Crippen LogP contribution in [-0.2, 0) is 9.53 Å². The second-order valence-electron chi connectivity index (χ2n) is 10.5. The first kappa shape index (κ1) is 28.4. The van der Waals surface area contributed by atoms with Crippen LogP contribution in [0.15, 0.2) is 59.7 Å². The second kappa shape index (κ2) is 12.1. The summed E-state index contributed by atoms with van der Waals surface area (Å²) in [6, 6.07) is 15.7. The molecule has 0 spiro atoms. The SMILES string of the molecule is Cc1cc(C(=O)N/N=C/c2ccc(OCC(=O)N3CCN(C(=O)OC(C)(C)C)CC3)c3ccccc23)ccc1O. The lowest BCUT2D eigenvalue weighted by Gasteiger charge is -2.35. The molecule has 0 aliphatic carbocycles. The number of carbonyl (C=O) groups excluding carboxylic acids is 3. The van der Waals surface area contributed by atoms with Crippen LogP contribution in [0, 0.1) is 6.92 Å². The fourth-order valence-corrected chi connectivity index (χ4v) is 4.25. The quantitative estimate of drug-likeness (QED) is 0.355. The van der Waals surface area contributed by atoms with Crippen LogP contribution < -0.4 is 10.2 Å². The first-order valence-electron chi connectivity index (χ1n) is 13.0. The van der Waals surface area contributed by atoms with E-state index in [0.29, 0.717) is 43.1 Å². The Hall–Kier alpha value is -4.60. The van der Waals surface area contributed by atoms with Gasteiger partial charge in [0.15, 0.2) is 6.61 Å². The normalized spacial score (nSPS) is 13.9. The predicted octanol–water partition coefficient (Wildman–Crippen LogP) is 4.08.